The Labute approximate surface area is 146 Å². The summed E-state index contributed by atoms with van der Waals surface area (Å²) in [5.74, 6) is -0.691. The molecule has 0 saturated carbocycles. The molecule has 25 heavy (non-hydrogen) atoms. The predicted molar refractivity (Wildman–Crippen MR) is 92.0 cm³/mol. The lowest BCUT2D eigenvalue weighted by atomic mass is 9.99. The number of piperidine rings is 1. The second kappa shape index (κ2) is 6.82. The van der Waals surface area contributed by atoms with Crippen LogP contribution in [0.4, 0.5) is 10.5 Å². The van der Waals surface area contributed by atoms with Gasteiger partial charge >= 0.3 is 12.0 Å². The summed E-state index contributed by atoms with van der Waals surface area (Å²) in [6.07, 6.45) is 2.76. The highest BCUT2D eigenvalue weighted by Gasteiger charge is 2.38. The number of rotatable bonds is 4. The zero-order chi connectivity index (χ0) is 18.0. The Morgan fingerprint density at radius 1 is 1.28 bits per heavy atom. The normalized spacial score (nSPS) is 21.0. The molecule has 1 aromatic carbocycles. The third-order valence-electron chi connectivity index (χ3n) is 4.92. The van der Waals surface area contributed by atoms with Gasteiger partial charge in [0.2, 0.25) is 0 Å². The van der Waals surface area contributed by atoms with Gasteiger partial charge in [0, 0.05) is 37.7 Å². The first kappa shape index (κ1) is 17.4. The second-order valence-electron chi connectivity index (χ2n) is 6.54. The van der Waals surface area contributed by atoms with E-state index in [1.165, 1.54) is 0 Å². The van der Waals surface area contributed by atoms with Gasteiger partial charge in [-0.25, -0.2) is 4.79 Å². The molecule has 136 valence electrons. The van der Waals surface area contributed by atoms with Gasteiger partial charge in [0.05, 0.1) is 5.92 Å². The molecule has 7 heteroatoms. The molecule has 1 atom stereocenters. The molecule has 3 rings (SSSR count). The summed E-state index contributed by atoms with van der Waals surface area (Å²) in [6, 6.07) is 5.01. The van der Waals surface area contributed by atoms with Gasteiger partial charge in [-0.2, -0.15) is 0 Å². The molecule has 2 amide bonds. The minimum atomic E-state index is -0.851. The van der Waals surface area contributed by atoms with Gasteiger partial charge in [0.1, 0.15) is 0 Å². The van der Waals surface area contributed by atoms with Gasteiger partial charge in [0.15, 0.2) is 11.5 Å². The number of likely N-dealkylation sites (tertiary alicyclic amines) is 1. The summed E-state index contributed by atoms with van der Waals surface area (Å²) in [5, 5.41) is 12.0. The Balaban J connectivity index is 1.67. The third-order valence-corrected chi connectivity index (χ3v) is 4.92. The molecule has 0 aromatic heterocycles. The third kappa shape index (κ3) is 3.50. The smallest absolute Gasteiger partial charge is 0.321 e. The number of benzene rings is 1. The number of hydrogen-bond acceptors (Lipinski definition) is 4. The SMILES string of the molecule is CCC1(CC)Oc2ccc(NC(=O)N3CCCC(C(=O)O)C3)cc2O1. The van der Waals surface area contributed by atoms with E-state index in [2.05, 4.69) is 5.32 Å². The lowest BCUT2D eigenvalue weighted by molar-refractivity contribution is -0.143. The van der Waals surface area contributed by atoms with Crippen molar-refractivity contribution in [1.82, 2.24) is 4.90 Å². The molecule has 0 bridgehead atoms. The number of hydrogen-bond donors (Lipinski definition) is 2. The fraction of sp³-hybridized carbons (Fsp3) is 0.556. The number of aliphatic carboxylic acids is 1. The van der Waals surface area contributed by atoms with Crippen molar-refractivity contribution in [2.75, 3.05) is 18.4 Å². The molecule has 7 nitrogen and oxygen atoms in total. The van der Waals surface area contributed by atoms with E-state index >= 15 is 0 Å². The number of nitrogens with zero attached hydrogens (tertiary/aromatic N) is 1. The number of carbonyl (C=O) groups is 2. The summed E-state index contributed by atoms with van der Waals surface area (Å²) < 4.78 is 11.8. The Bertz CT molecular complexity index is 671. The second-order valence-corrected chi connectivity index (χ2v) is 6.54. The summed E-state index contributed by atoms with van der Waals surface area (Å²) in [6.45, 7) is 4.82. The maximum Gasteiger partial charge on any atom is 0.321 e. The highest BCUT2D eigenvalue weighted by Crippen LogP contribution is 2.43. The van der Waals surface area contributed by atoms with Crippen LogP contribution in [0.2, 0.25) is 0 Å². The van der Waals surface area contributed by atoms with Gasteiger partial charge in [-0.3, -0.25) is 4.79 Å². The van der Waals surface area contributed by atoms with Gasteiger partial charge < -0.3 is 24.8 Å². The fourth-order valence-corrected chi connectivity index (χ4v) is 3.28. The number of nitrogens with one attached hydrogen (secondary N) is 1. The van der Waals surface area contributed by atoms with Crippen LogP contribution in [0.3, 0.4) is 0 Å². The van der Waals surface area contributed by atoms with Gasteiger partial charge in [-0.15, -0.1) is 0 Å². The summed E-state index contributed by atoms with van der Waals surface area (Å²) in [4.78, 5) is 25.1. The van der Waals surface area contributed by atoms with E-state index in [1.54, 1.807) is 23.1 Å². The molecule has 1 aromatic rings. The first-order chi connectivity index (χ1) is 12.0. The molecule has 1 unspecified atom stereocenters. The van der Waals surface area contributed by atoms with Crippen LogP contribution < -0.4 is 14.8 Å². The number of fused-ring (bicyclic) bond motifs is 1. The van der Waals surface area contributed by atoms with Crippen molar-refractivity contribution in [3.05, 3.63) is 18.2 Å². The van der Waals surface area contributed by atoms with Crippen molar-refractivity contribution in [3.8, 4) is 11.5 Å². The minimum Gasteiger partial charge on any atom is -0.481 e. The number of ether oxygens (including phenoxy) is 2. The molecule has 2 N–H and O–H groups in total. The predicted octanol–water partition coefficient (Wildman–Crippen LogP) is 3.30. The van der Waals surface area contributed by atoms with Gasteiger partial charge in [-0.1, -0.05) is 13.8 Å². The monoisotopic (exact) mass is 348 g/mol. The van der Waals surface area contributed by atoms with Crippen molar-refractivity contribution in [3.63, 3.8) is 0 Å². The Morgan fingerprint density at radius 2 is 2.00 bits per heavy atom. The van der Waals surface area contributed by atoms with Crippen LogP contribution in [-0.2, 0) is 4.79 Å². The van der Waals surface area contributed by atoms with Crippen LogP contribution in [0.15, 0.2) is 18.2 Å². The maximum atomic E-state index is 12.4. The topological polar surface area (TPSA) is 88.1 Å². The first-order valence-corrected chi connectivity index (χ1v) is 8.77. The highest BCUT2D eigenvalue weighted by molar-refractivity contribution is 5.90. The molecule has 2 aliphatic rings. The number of carboxylic acids is 1. The average molecular weight is 348 g/mol. The van der Waals surface area contributed by atoms with Crippen molar-refractivity contribution < 1.29 is 24.2 Å². The Morgan fingerprint density at radius 3 is 2.68 bits per heavy atom. The largest absolute Gasteiger partial charge is 0.481 e. The van der Waals surface area contributed by atoms with E-state index in [0.29, 0.717) is 36.6 Å². The zero-order valence-corrected chi connectivity index (χ0v) is 14.6. The van der Waals surface area contributed by atoms with Crippen LogP contribution >= 0.6 is 0 Å². The molecule has 0 radical (unpaired) electrons. The van der Waals surface area contributed by atoms with E-state index in [-0.39, 0.29) is 12.6 Å². The van der Waals surface area contributed by atoms with E-state index < -0.39 is 17.7 Å². The van der Waals surface area contributed by atoms with Gasteiger partial charge in [-0.05, 0) is 25.0 Å². The molecule has 0 aliphatic carbocycles. The fourth-order valence-electron chi connectivity index (χ4n) is 3.28. The first-order valence-electron chi connectivity index (χ1n) is 8.77. The van der Waals surface area contributed by atoms with E-state index in [0.717, 1.165) is 12.8 Å². The number of carbonyl (C=O) groups excluding carboxylic acids is 1. The molecule has 0 spiro atoms. The van der Waals surface area contributed by atoms with Crippen LogP contribution in [-0.4, -0.2) is 40.9 Å². The molecular weight excluding hydrogens is 324 g/mol. The zero-order valence-electron chi connectivity index (χ0n) is 14.6. The molecule has 1 saturated heterocycles. The molecule has 2 heterocycles. The number of anilines is 1. The number of amides is 2. The quantitative estimate of drug-likeness (QED) is 0.871. The van der Waals surface area contributed by atoms with Crippen molar-refractivity contribution in [2.24, 2.45) is 5.92 Å². The number of urea groups is 1. The van der Waals surface area contributed by atoms with Crippen LogP contribution in [0.1, 0.15) is 39.5 Å². The summed E-state index contributed by atoms with van der Waals surface area (Å²) in [5.41, 5.74) is 0.604. The summed E-state index contributed by atoms with van der Waals surface area (Å²) >= 11 is 0. The van der Waals surface area contributed by atoms with Crippen LogP contribution in [0.25, 0.3) is 0 Å². The standard InChI is InChI=1S/C18H24N2O5/c1-3-18(4-2)24-14-8-7-13(10-15(14)25-18)19-17(23)20-9-5-6-12(11-20)16(21)22/h7-8,10,12H,3-6,9,11H2,1-2H3,(H,19,23)(H,21,22). The molecule has 1 fully saturated rings. The van der Waals surface area contributed by atoms with Crippen molar-refractivity contribution in [2.45, 2.75) is 45.3 Å². The van der Waals surface area contributed by atoms with Crippen LogP contribution in [0.5, 0.6) is 11.5 Å². The van der Waals surface area contributed by atoms with E-state index in [1.807, 2.05) is 13.8 Å². The molecular formula is C18H24N2O5. The van der Waals surface area contributed by atoms with Crippen molar-refractivity contribution in [1.29, 1.82) is 0 Å². The Hall–Kier alpha value is -2.44. The maximum absolute atomic E-state index is 12.4. The van der Waals surface area contributed by atoms with Gasteiger partial charge in [0.25, 0.3) is 5.79 Å². The minimum absolute atomic E-state index is 0.237. The highest BCUT2D eigenvalue weighted by atomic mass is 16.7. The summed E-state index contributed by atoms with van der Waals surface area (Å²) in [7, 11) is 0. The van der Waals surface area contributed by atoms with Crippen LogP contribution in [0, 0.1) is 5.92 Å². The van der Waals surface area contributed by atoms with E-state index in [4.69, 9.17) is 14.6 Å². The number of carboxylic acid groups (broad SMARTS) is 1. The van der Waals surface area contributed by atoms with Crippen molar-refractivity contribution >= 4 is 17.7 Å². The average Bonchev–Trinajstić information content (AvgIpc) is 3.00. The molecule has 2 aliphatic heterocycles. The Kier molecular flexibility index (Phi) is 4.74. The van der Waals surface area contributed by atoms with E-state index in [9.17, 15) is 9.59 Å². The lowest BCUT2D eigenvalue weighted by Crippen LogP contribution is -2.44. The lowest BCUT2D eigenvalue weighted by Gasteiger charge is -2.30.